The van der Waals surface area contributed by atoms with Gasteiger partial charge in [-0.05, 0) is 35.6 Å². The number of hydrogen-bond donors (Lipinski definition) is 0. The van der Waals surface area contributed by atoms with Gasteiger partial charge in [0.05, 0.1) is 5.69 Å². The smallest absolute Gasteiger partial charge is 0.0661 e. The van der Waals surface area contributed by atoms with Crippen LogP contribution in [0.1, 0.15) is 29.0 Å². The van der Waals surface area contributed by atoms with Crippen molar-refractivity contribution in [3.63, 3.8) is 0 Å². The van der Waals surface area contributed by atoms with Crippen LogP contribution in [0.3, 0.4) is 0 Å². The molecule has 25 heavy (non-hydrogen) atoms. The zero-order valence-corrected chi connectivity index (χ0v) is 15.9. The minimum Gasteiger partial charge on any atom is -0.257 e. The molecule has 1 aliphatic rings. The lowest BCUT2D eigenvalue weighted by molar-refractivity contribution is 0.767. The molecule has 0 bridgehead atoms. The summed E-state index contributed by atoms with van der Waals surface area (Å²) < 4.78 is 0. The first-order chi connectivity index (χ1) is 11.9. The van der Waals surface area contributed by atoms with Crippen molar-refractivity contribution in [3.8, 4) is 0 Å². The summed E-state index contributed by atoms with van der Waals surface area (Å²) in [7, 11) is 0. The van der Waals surface area contributed by atoms with Crippen molar-refractivity contribution in [3.05, 3.63) is 102 Å². The molecule has 0 aromatic heterocycles. The first kappa shape index (κ1) is 17.6. The van der Waals surface area contributed by atoms with Crippen molar-refractivity contribution in [1.29, 1.82) is 0 Å². The summed E-state index contributed by atoms with van der Waals surface area (Å²) in [6, 6.07) is 30.1. The minimum absolute atomic E-state index is 0. The molecule has 1 atom stereocenters. The van der Waals surface area contributed by atoms with Gasteiger partial charge >= 0.3 is 0 Å². The molecule has 0 N–H and O–H groups in total. The highest BCUT2D eigenvalue weighted by molar-refractivity contribution is 8.93. The molecule has 1 heterocycles. The van der Waals surface area contributed by atoms with Gasteiger partial charge in [0, 0.05) is 18.1 Å². The van der Waals surface area contributed by atoms with Gasteiger partial charge < -0.3 is 0 Å². The Hall–Kier alpha value is -2.19. The van der Waals surface area contributed by atoms with E-state index in [2.05, 4.69) is 84.9 Å². The Morgan fingerprint density at radius 2 is 1.40 bits per heavy atom. The van der Waals surface area contributed by atoms with Gasteiger partial charge in [-0.3, -0.25) is 4.99 Å². The molecule has 3 aromatic carbocycles. The predicted octanol–water partition coefficient (Wildman–Crippen LogP) is 6.31. The van der Waals surface area contributed by atoms with Crippen LogP contribution >= 0.6 is 17.0 Å². The van der Waals surface area contributed by atoms with Crippen LogP contribution < -0.4 is 0 Å². The normalized spacial score (nSPS) is 16.2. The Balaban J connectivity index is 0.00000182. The van der Waals surface area contributed by atoms with E-state index >= 15 is 0 Å². The van der Waals surface area contributed by atoms with Crippen molar-refractivity contribution in [2.75, 3.05) is 0 Å². The lowest BCUT2D eigenvalue weighted by Gasteiger charge is -2.18. The molecule has 0 saturated carbocycles. The second kappa shape index (κ2) is 8.26. The third-order valence-electron chi connectivity index (χ3n) is 4.79. The Morgan fingerprint density at radius 1 is 0.760 bits per heavy atom. The monoisotopic (exact) mass is 391 g/mol. The maximum absolute atomic E-state index is 5.11. The zero-order valence-electron chi connectivity index (χ0n) is 14.1. The molecule has 126 valence electrons. The number of benzene rings is 3. The standard InChI is InChI=1S/C23H21N.BrH/c1-3-9-18(10-4-1)17-23-21(19-11-5-2-6-12-19)16-15-20-13-7-8-14-22(20)24-23;/h1-14,21H,15-17H2;1H. The molecule has 1 aliphatic heterocycles. The van der Waals surface area contributed by atoms with E-state index < -0.39 is 0 Å². The molecule has 2 heteroatoms. The van der Waals surface area contributed by atoms with Crippen LogP contribution in [0.25, 0.3) is 0 Å². The van der Waals surface area contributed by atoms with Gasteiger partial charge in [0.1, 0.15) is 0 Å². The third kappa shape index (κ3) is 4.08. The van der Waals surface area contributed by atoms with Crippen molar-refractivity contribution in [2.24, 2.45) is 4.99 Å². The summed E-state index contributed by atoms with van der Waals surface area (Å²) in [5, 5.41) is 0. The molecular formula is C23H22BrN. The van der Waals surface area contributed by atoms with E-state index in [0.717, 1.165) is 24.9 Å². The topological polar surface area (TPSA) is 12.4 Å². The van der Waals surface area contributed by atoms with E-state index in [1.54, 1.807) is 0 Å². The molecule has 0 fully saturated rings. The number of halogens is 1. The van der Waals surface area contributed by atoms with E-state index in [1.807, 2.05) is 0 Å². The summed E-state index contributed by atoms with van der Waals surface area (Å²) >= 11 is 0. The number of fused-ring (bicyclic) bond motifs is 1. The number of hydrogen-bond acceptors (Lipinski definition) is 1. The summed E-state index contributed by atoms with van der Waals surface area (Å²) in [6.07, 6.45) is 3.11. The van der Waals surface area contributed by atoms with E-state index in [4.69, 9.17) is 4.99 Å². The Labute approximate surface area is 160 Å². The first-order valence-corrected chi connectivity index (χ1v) is 8.64. The van der Waals surface area contributed by atoms with Crippen LogP contribution in [-0.4, -0.2) is 5.71 Å². The van der Waals surface area contributed by atoms with Crippen LogP contribution in [-0.2, 0) is 12.8 Å². The molecule has 1 unspecified atom stereocenters. The Kier molecular flexibility index (Phi) is 5.83. The maximum Gasteiger partial charge on any atom is 0.0661 e. The summed E-state index contributed by atoms with van der Waals surface area (Å²) in [4.78, 5) is 5.11. The Bertz CT molecular complexity index is 840. The fourth-order valence-electron chi connectivity index (χ4n) is 3.54. The van der Waals surface area contributed by atoms with Gasteiger partial charge in [-0.2, -0.15) is 0 Å². The molecule has 0 radical (unpaired) electrons. The van der Waals surface area contributed by atoms with Crippen molar-refractivity contribution in [2.45, 2.75) is 25.2 Å². The highest BCUT2D eigenvalue weighted by Gasteiger charge is 2.22. The maximum atomic E-state index is 5.11. The van der Waals surface area contributed by atoms with E-state index in [0.29, 0.717) is 5.92 Å². The summed E-state index contributed by atoms with van der Waals surface area (Å²) in [6.45, 7) is 0. The summed E-state index contributed by atoms with van der Waals surface area (Å²) in [5.74, 6) is 0.388. The van der Waals surface area contributed by atoms with Crippen LogP contribution in [0.15, 0.2) is 89.9 Å². The van der Waals surface area contributed by atoms with Crippen LogP contribution in [0, 0.1) is 0 Å². The molecule has 0 saturated heterocycles. The molecule has 0 amide bonds. The Morgan fingerprint density at radius 3 is 2.16 bits per heavy atom. The second-order valence-electron chi connectivity index (χ2n) is 6.40. The number of aliphatic imine (C=N–C) groups is 1. The molecule has 0 aliphatic carbocycles. The van der Waals surface area contributed by atoms with Gasteiger partial charge in [-0.1, -0.05) is 78.9 Å². The zero-order chi connectivity index (χ0) is 16.2. The van der Waals surface area contributed by atoms with Crippen LogP contribution in [0.2, 0.25) is 0 Å². The van der Waals surface area contributed by atoms with E-state index in [1.165, 1.54) is 22.4 Å². The first-order valence-electron chi connectivity index (χ1n) is 8.64. The minimum atomic E-state index is 0. The number of aryl methyl sites for hydroxylation is 1. The lowest BCUT2D eigenvalue weighted by atomic mass is 9.86. The van der Waals surface area contributed by atoms with Crippen molar-refractivity contribution in [1.82, 2.24) is 0 Å². The van der Waals surface area contributed by atoms with Gasteiger partial charge in [0.25, 0.3) is 0 Å². The quantitative estimate of drug-likeness (QED) is 0.495. The number of rotatable bonds is 3. The van der Waals surface area contributed by atoms with Crippen molar-refractivity contribution < 1.29 is 0 Å². The fraction of sp³-hybridized carbons (Fsp3) is 0.174. The van der Waals surface area contributed by atoms with Gasteiger partial charge in [-0.25, -0.2) is 0 Å². The van der Waals surface area contributed by atoms with Crippen LogP contribution in [0.5, 0.6) is 0 Å². The highest BCUT2D eigenvalue weighted by atomic mass is 79.9. The van der Waals surface area contributed by atoms with Crippen molar-refractivity contribution >= 4 is 28.4 Å². The number of para-hydroxylation sites is 1. The molecule has 4 rings (SSSR count). The fourth-order valence-corrected chi connectivity index (χ4v) is 3.54. The molecule has 3 aromatic rings. The third-order valence-corrected chi connectivity index (χ3v) is 4.79. The van der Waals surface area contributed by atoms with E-state index in [9.17, 15) is 0 Å². The highest BCUT2D eigenvalue weighted by Crippen LogP contribution is 2.33. The van der Waals surface area contributed by atoms with Crippen LogP contribution in [0.4, 0.5) is 5.69 Å². The van der Waals surface area contributed by atoms with Gasteiger partial charge in [0.15, 0.2) is 0 Å². The van der Waals surface area contributed by atoms with Gasteiger partial charge in [-0.15, -0.1) is 17.0 Å². The molecule has 0 spiro atoms. The average Bonchev–Trinajstić information content (AvgIpc) is 2.82. The molecule has 1 nitrogen and oxygen atoms in total. The average molecular weight is 392 g/mol. The second-order valence-corrected chi connectivity index (χ2v) is 6.40. The lowest BCUT2D eigenvalue weighted by Crippen LogP contribution is -2.15. The SMILES string of the molecule is Br.c1ccc(CC2=Nc3ccccc3CCC2c2ccccc2)cc1. The molecular weight excluding hydrogens is 370 g/mol. The summed E-state index contributed by atoms with van der Waals surface area (Å²) in [5.41, 5.74) is 6.48. The van der Waals surface area contributed by atoms with E-state index in [-0.39, 0.29) is 17.0 Å². The largest absolute Gasteiger partial charge is 0.257 e. The predicted molar refractivity (Wildman–Crippen MR) is 112 cm³/mol. The van der Waals surface area contributed by atoms with Gasteiger partial charge in [0.2, 0.25) is 0 Å². The number of nitrogens with zero attached hydrogens (tertiary/aromatic N) is 1.